The molecular weight excluding hydrogens is 252 g/mol. The lowest BCUT2D eigenvalue weighted by molar-refractivity contribution is 0.0926. The van der Waals surface area contributed by atoms with Crippen molar-refractivity contribution in [1.29, 1.82) is 0 Å². The molecule has 4 nitrogen and oxygen atoms in total. The Morgan fingerprint density at radius 3 is 2.30 bits per heavy atom. The van der Waals surface area contributed by atoms with Crippen LogP contribution >= 0.6 is 0 Å². The van der Waals surface area contributed by atoms with E-state index in [1.165, 1.54) is 0 Å². The van der Waals surface area contributed by atoms with Gasteiger partial charge in [-0.05, 0) is 36.8 Å². The zero-order valence-corrected chi connectivity index (χ0v) is 11.6. The van der Waals surface area contributed by atoms with Crippen LogP contribution in [0.1, 0.15) is 28.9 Å². The number of hydrogen-bond acceptors (Lipinski definition) is 3. The summed E-state index contributed by atoms with van der Waals surface area (Å²) in [4.78, 5) is 12.0. The summed E-state index contributed by atoms with van der Waals surface area (Å²) in [5.41, 5.74) is 7.40. The first-order valence-electron chi connectivity index (χ1n) is 6.45. The number of carbonyl (C=O) groups is 1. The molecule has 2 rings (SSSR count). The predicted molar refractivity (Wildman–Crippen MR) is 78.5 cm³/mol. The molecule has 2 aromatic rings. The Labute approximate surface area is 118 Å². The number of ether oxygens (including phenoxy) is 1. The molecule has 0 heterocycles. The number of hydrogen-bond donors (Lipinski definition) is 2. The third kappa shape index (κ3) is 3.59. The topological polar surface area (TPSA) is 50.4 Å². The normalized spacial score (nSPS) is 11.7. The molecule has 2 aromatic carbocycles. The van der Waals surface area contributed by atoms with Crippen molar-refractivity contribution in [2.24, 2.45) is 0 Å². The van der Waals surface area contributed by atoms with Gasteiger partial charge in [-0.2, -0.15) is 0 Å². The highest BCUT2D eigenvalue weighted by Crippen LogP contribution is 2.12. The van der Waals surface area contributed by atoms with Gasteiger partial charge in [0.25, 0.3) is 5.91 Å². The van der Waals surface area contributed by atoms with Crippen LogP contribution in [0.15, 0.2) is 54.6 Å². The Bertz CT molecular complexity index is 552. The largest absolute Gasteiger partial charge is 0.497 e. The summed E-state index contributed by atoms with van der Waals surface area (Å²) in [6.45, 7) is 1.99. The Kier molecular flexibility index (Phi) is 4.74. The van der Waals surface area contributed by atoms with Crippen molar-refractivity contribution >= 4 is 5.91 Å². The van der Waals surface area contributed by atoms with Crippen LogP contribution < -0.4 is 15.6 Å². The molecule has 0 spiro atoms. The molecular formula is C16H18N2O2. The van der Waals surface area contributed by atoms with E-state index in [4.69, 9.17) is 4.74 Å². The first-order chi connectivity index (χ1) is 9.70. The quantitative estimate of drug-likeness (QED) is 0.821. The van der Waals surface area contributed by atoms with Gasteiger partial charge in [-0.1, -0.05) is 30.3 Å². The van der Waals surface area contributed by atoms with Gasteiger partial charge in [0, 0.05) is 11.6 Å². The number of rotatable bonds is 5. The molecule has 0 aliphatic carbocycles. The lowest BCUT2D eigenvalue weighted by Gasteiger charge is -2.15. The predicted octanol–water partition coefficient (Wildman–Crippen LogP) is 2.69. The molecule has 1 atom stereocenters. The third-order valence-electron chi connectivity index (χ3n) is 3.05. The van der Waals surface area contributed by atoms with Gasteiger partial charge in [-0.15, -0.1) is 0 Å². The lowest BCUT2D eigenvalue weighted by Crippen LogP contribution is -2.39. The van der Waals surface area contributed by atoms with Crippen molar-refractivity contribution in [2.45, 2.75) is 13.0 Å². The summed E-state index contributed by atoms with van der Waals surface area (Å²) in [6.07, 6.45) is 0. The molecule has 0 radical (unpaired) electrons. The van der Waals surface area contributed by atoms with E-state index in [0.717, 1.165) is 11.3 Å². The summed E-state index contributed by atoms with van der Waals surface area (Å²) in [5.74, 6) is 0.558. The maximum atomic E-state index is 12.0. The van der Waals surface area contributed by atoms with E-state index < -0.39 is 0 Å². The average Bonchev–Trinajstić information content (AvgIpc) is 2.53. The van der Waals surface area contributed by atoms with Crippen molar-refractivity contribution in [3.05, 3.63) is 65.7 Å². The van der Waals surface area contributed by atoms with Crippen LogP contribution in [0.4, 0.5) is 0 Å². The molecule has 4 heteroatoms. The van der Waals surface area contributed by atoms with Gasteiger partial charge in [-0.25, -0.2) is 5.43 Å². The van der Waals surface area contributed by atoms with Gasteiger partial charge in [0.1, 0.15) is 5.75 Å². The van der Waals surface area contributed by atoms with E-state index in [-0.39, 0.29) is 11.9 Å². The zero-order chi connectivity index (χ0) is 14.4. The zero-order valence-electron chi connectivity index (χ0n) is 11.6. The van der Waals surface area contributed by atoms with Crippen molar-refractivity contribution in [3.8, 4) is 5.75 Å². The van der Waals surface area contributed by atoms with Crippen molar-refractivity contribution < 1.29 is 9.53 Å². The fraction of sp³-hybridized carbons (Fsp3) is 0.188. The molecule has 0 fully saturated rings. The number of carbonyl (C=O) groups excluding carboxylic acids is 1. The van der Waals surface area contributed by atoms with E-state index in [1.807, 2.05) is 37.3 Å². The van der Waals surface area contributed by atoms with E-state index in [2.05, 4.69) is 10.9 Å². The number of hydrazine groups is 1. The van der Waals surface area contributed by atoms with Crippen LogP contribution in [0, 0.1) is 0 Å². The van der Waals surface area contributed by atoms with Gasteiger partial charge in [-0.3, -0.25) is 10.2 Å². The fourth-order valence-corrected chi connectivity index (χ4v) is 1.81. The molecule has 0 bridgehead atoms. The van der Waals surface area contributed by atoms with Crippen LogP contribution in [-0.2, 0) is 0 Å². The smallest absolute Gasteiger partial charge is 0.265 e. The first kappa shape index (κ1) is 14.1. The highest BCUT2D eigenvalue weighted by atomic mass is 16.5. The lowest BCUT2D eigenvalue weighted by atomic mass is 10.1. The first-order valence-corrected chi connectivity index (χ1v) is 6.45. The van der Waals surface area contributed by atoms with Gasteiger partial charge >= 0.3 is 0 Å². The standard InChI is InChI=1S/C16H18N2O2/c1-12(13-6-4-3-5-7-13)17-18-16(19)14-8-10-15(20-2)11-9-14/h3-12,17H,1-2H3,(H,18,19)/t12-/m0/s1. The summed E-state index contributed by atoms with van der Waals surface area (Å²) < 4.78 is 5.06. The van der Waals surface area contributed by atoms with Crippen molar-refractivity contribution in [1.82, 2.24) is 10.9 Å². The Hall–Kier alpha value is -2.33. The molecule has 0 aromatic heterocycles. The van der Waals surface area contributed by atoms with Crippen LogP contribution in [-0.4, -0.2) is 13.0 Å². The SMILES string of the molecule is COc1ccc(C(=O)NN[C@@H](C)c2ccccc2)cc1. The fourth-order valence-electron chi connectivity index (χ4n) is 1.81. The molecule has 1 amide bonds. The second kappa shape index (κ2) is 6.73. The number of nitrogens with one attached hydrogen (secondary N) is 2. The summed E-state index contributed by atoms with van der Waals surface area (Å²) in [7, 11) is 1.60. The van der Waals surface area contributed by atoms with Crippen LogP contribution in [0.25, 0.3) is 0 Å². The number of amides is 1. The van der Waals surface area contributed by atoms with Crippen LogP contribution in [0.2, 0.25) is 0 Å². The van der Waals surface area contributed by atoms with E-state index in [0.29, 0.717) is 5.56 Å². The third-order valence-corrected chi connectivity index (χ3v) is 3.05. The Balaban J connectivity index is 1.91. The van der Waals surface area contributed by atoms with Crippen molar-refractivity contribution in [2.75, 3.05) is 7.11 Å². The Morgan fingerprint density at radius 2 is 1.70 bits per heavy atom. The molecule has 0 unspecified atom stereocenters. The molecule has 20 heavy (non-hydrogen) atoms. The Morgan fingerprint density at radius 1 is 1.05 bits per heavy atom. The molecule has 0 saturated heterocycles. The minimum absolute atomic E-state index is 0.0402. The molecule has 0 saturated carbocycles. The molecule has 104 valence electrons. The van der Waals surface area contributed by atoms with Gasteiger partial charge in [0.05, 0.1) is 7.11 Å². The highest BCUT2D eigenvalue weighted by Gasteiger charge is 2.08. The maximum Gasteiger partial charge on any atom is 0.265 e. The maximum absolute atomic E-state index is 12.0. The van der Waals surface area contributed by atoms with Gasteiger partial charge in [0.15, 0.2) is 0 Å². The van der Waals surface area contributed by atoms with Crippen LogP contribution in [0.3, 0.4) is 0 Å². The molecule has 2 N–H and O–H groups in total. The summed E-state index contributed by atoms with van der Waals surface area (Å²) >= 11 is 0. The highest BCUT2D eigenvalue weighted by molar-refractivity contribution is 5.93. The molecule has 0 aliphatic rings. The minimum Gasteiger partial charge on any atom is -0.497 e. The molecule has 0 aliphatic heterocycles. The van der Waals surface area contributed by atoms with Crippen LogP contribution in [0.5, 0.6) is 5.75 Å². The van der Waals surface area contributed by atoms with Gasteiger partial charge in [0.2, 0.25) is 0 Å². The second-order valence-electron chi connectivity index (χ2n) is 4.46. The summed E-state index contributed by atoms with van der Waals surface area (Å²) in [6, 6.07) is 16.9. The monoisotopic (exact) mass is 270 g/mol. The van der Waals surface area contributed by atoms with Gasteiger partial charge < -0.3 is 4.74 Å². The second-order valence-corrected chi connectivity index (χ2v) is 4.46. The van der Waals surface area contributed by atoms with E-state index >= 15 is 0 Å². The van der Waals surface area contributed by atoms with Crippen molar-refractivity contribution in [3.63, 3.8) is 0 Å². The summed E-state index contributed by atoms with van der Waals surface area (Å²) in [5, 5.41) is 0. The number of benzene rings is 2. The number of methoxy groups -OCH3 is 1. The van der Waals surface area contributed by atoms with E-state index in [9.17, 15) is 4.79 Å². The average molecular weight is 270 g/mol. The van der Waals surface area contributed by atoms with E-state index in [1.54, 1.807) is 31.4 Å². The minimum atomic E-state index is -0.171.